The molecule has 0 aliphatic carbocycles. The lowest BCUT2D eigenvalue weighted by Gasteiger charge is -2.02. The smallest absolute Gasteiger partial charge is 0.173 e. The van der Waals surface area contributed by atoms with Crippen molar-refractivity contribution in [2.45, 2.75) is 13.5 Å². The maximum atomic E-state index is 11.3. The molecule has 0 unspecified atom stereocenters. The standard InChI is InChI=1S/C20H18NO/c1-16(22)18-9-7-17(8-10-18)15-21-13-11-20(12-14-21)19-5-3-2-4-6-19/h2-14H,15H2,1H3/q+1. The van der Waals surface area contributed by atoms with Gasteiger partial charge in [0.1, 0.15) is 0 Å². The van der Waals surface area contributed by atoms with Gasteiger partial charge in [-0.25, -0.2) is 4.57 Å². The molecule has 0 fully saturated rings. The molecule has 1 heterocycles. The first-order valence-electron chi connectivity index (χ1n) is 7.37. The van der Waals surface area contributed by atoms with Crippen LogP contribution in [0, 0.1) is 0 Å². The minimum atomic E-state index is 0.103. The Bertz CT molecular complexity index is 759. The van der Waals surface area contributed by atoms with E-state index in [9.17, 15) is 4.79 Å². The number of carbonyl (C=O) groups excluding carboxylic acids is 1. The van der Waals surface area contributed by atoms with E-state index in [1.54, 1.807) is 6.92 Å². The Morgan fingerprint density at radius 3 is 2.00 bits per heavy atom. The lowest BCUT2D eigenvalue weighted by atomic mass is 10.1. The summed E-state index contributed by atoms with van der Waals surface area (Å²) in [4.78, 5) is 11.3. The fourth-order valence-corrected chi connectivity index (χ4v) is 2.44. The maximum absolute atomic E-state index is 11.3. The summed E-state index contributed by atoms with van der Waals surface area (Å²) in [5.74, 6) is 0.103. The molecular formula is C20H18NO+. The fourth-order valence-electron chi connectivity index (χ4n) is 2.44. The minimum Gasteiger partial charge on any atom is -0.295 e. The lowest BCUT2D eigenvalue weighted by Crippen LogP contribution is -2.33. The second-order valence-corrected chi connectivity index (χ2v) is 5.38. The lowest BCUT2D eigenvalue weighted by molar-refractivity contribution is -0.688. The van der Waals surface area contributed by atoms with E-state index in [-0.39, 0.29) is 5.78 Å². The highest BCUT2D eigenvalue weighted by molar-refractivity contribution is 5.93. The topological polar surface area (TPSA) is 20.9 Å². The van der Waals surface area contributed by atoms with Crippen LogP contribution in [0.4, 0.5) is 0 Å². The summed E-state index contributed by atoms with van der Waals surface area (Å²) in [5, 5.41) is 0. The summed E-state index contributed by atoms with van der Waals surface area (Å²) in [6.07, 6.45) is 4.17. The van der Waals surface area contributed by atoms with Gasteiger partial charge in [0.2, 0.25) is 0 Å². The van der Waals surface area contributed by atoms with Gasteiger partial charge >= 0.3 is 0 Å². The third-order valence-corrected chi connectivity index (χ3v) is 3.72. The van der Waals surface area contributed by atoms with E-state index in [0.29, 0.717) is 0 Å². The molecule has 2 heteroatoms. The second kappa shape index (κ2) is 6.35. The number of rotatable bonds is 4. The molecule has 3 aromatic rings. The van der Waals surface area contributed by atoms with Gasteiger partial charge in [0.25, 0.3) is 0 Å². The monoisotopic (exact) mass is 288 g/mol. The summed E-state index contributed by atoms with van der Waals surface area (Å²) in [7, 11) is 0. The summed E-state index contributed by atoms with van der Waals surface area (Å²) in [5.41, 5.74) is 4.37. The predicted molar refractivity (Wildman–Crippen MR) is 87.6 cm³/mol. The van der Waals surface area contributed by atoms with Crippen molar-refractivity contribution in [3.05, 3.63) is 90.3 Å². The Hall–Kier alpha value is -2.74. The van der Waals surface area contributed by atoms with Crippen LogP contribution < -0.4 is 4.57 Å². The average molecular weight is 288 g/mol. The number of aromatic nitrogens is 1. The van der Waals surface area contributed by atoms with Gasteiger partial charge in [-0.1, -0.05) is 54.6 Å². The molecule has 0 spiro atoms. The third-order valence-electron chi connectivity index (χ3n) is 3.72. The number of benzene rings is 2. The molecule has 0 saturated carbocycles. The molecular weight excluding hydrogens is 270 g/mol. The van der Waals surface area contributed by atoms with Gasteiger partial charge in [0, 0.05) is 23.3 Å². The van der Waals surface area contributed by atoms with Gasteiger partial charge < -0.3 is 0 Å². The van der Waals surface area contributed by atoms with Crippen molar-refractivity contribution in [1.29, 1.82) is 0 Å². The molecule has 2 nitrogen and oxygen atoms in total. The first-order valence-corrected chi connectivity index (χ1v) is 7.37. The number of Topliss-reactive ketones (excluding diaryl/α,β-unsaturated/α-hetero) is 1. The number of hydrogen-bond donors (Lipinski definition) is 0. The molecule has 3 rings (SSSR count). The molecule has 0 amide bonds. The second-order valence-electron chi connectivity index (χ2n) is 5.38. The zero-order valence-corrected chi connectivity index (χ0v) is 12.6. The normalized spacial score (nSPS) is 10.4. The summed E-state index contributed by atoms with van der Waals surface area (Å²) >= 11 is 0. The highest BCUT2D eigenvalue weighted by Gasteiger charge is 2.05. The van der Waals surface area contributed by atoms with E-state index < -0.39 is 0 Å². The minimum absolute atomic E-state index is 0.103. The van der Waals surface area contributed by atoms with E-state index in [1.807, 2.05) is 42.5 Å². The zero-order valence-electron chi connectivity index (χ0n) is 12.6. The Balaban J connectivity index is 1.75. The Morgan fingerprint density at radius 1 is 0.818 bits per heavy atom. The predicted octanol–water partition coefficient (Wildman–Crippen LogP) is 3.89. The van der Waals surface area contributed by atoms with Crippen LogP contribution in [0.5, 0.6) is 0 Å². The van der Waals surface area contributed by atoms with Crippen LogP contribution in [-0.2, 0) is 6.54 Å². The largest absolute Gasteiger partial charge is 0.295 e. The number of nitrogens with zero attached hydrogens (tertiary/aromatic N) is 1. The van der Waals surface area contributed by atoms with Crippen molar-refractivity contribution in [2.75, 3.05) is 0 Å². The van der Waals surface area contributed by atoms with Gasteiger partial charge in [-0.2, -0.15) is 0 Å². The molecule has 0 bridgehead atoms. The summed E-state index contributed by atoms with van der Waals surface area (Å²) in [6, 6.07) is 22.4. The van der Waals surface area contributed by atoms with E-state index >= 15 is 0 Å². The van der Waals surface area contributed by atoms with E-state index in [4.69, 9.17) is 0 Å². The molecule has 108 valence electrons. The highest BCUT2D eigenvalue weighted by atomic mass is 16.1. The first kappa shape index (κ1) is 14.2. The van der Waals surface area contributed by atoms with Crippen LogP contribution in [0.2, 0.25) is 0 Å². The zero-order chi connectivity index (χ0) is 15.4. The van der Waals surface area contributed by atoms with E-state index in [1.165, 1.54) is 16.7 Å². The Kier molecular flexibility index (Phi) is 4.10. The fraction of sp³-hybridized carbons (Fsp3) is 0.100. The van der Waals surface area contributed by atoms with Crippen LogP contribution in [0.1, 0.15) is 22.8 Å². The number of hydrogen-bond acceptors (Lipinski definition) is 1. The van der Waals surface area contributed by atoms with Crippen LogP contribution in [0.15, 0.2) is 79.1 Å². The van der Waals surface area contributed by atoms with E-state index in [0.717, 1.165) is 12.1 Å². The highest BCUT2D eigenvalue weighted by Crippen LogP contribution is 2.16. The number of pyridine rings is 1. The van der Waals surface area contributed by atoms with Gasteiger partial charge in [-0.15, -0.1) is 0 Å². The van der Waals surface area contributed by atoms with Crippen molar-refractivity contribution < 1.29 is 9.36 Å². The Labute approximate surface area is 130 Å². The van der Waals surface area contributed by atoms with Gasteiger partial charge in [0.15, 0.2) is 24.7 Å². The number of ketones is 1. The van der Waals surface area contributed by atoms with E-state index in [2.05, 4.69) is 41.2 Å². The average Bonchev–Trinajstić information content (AvgIpc) is 2.57. The molecule has 0 N–H and O–H groups in total. The van der Waals surface area contributed by atoms with Crippen LogP contribution in [-0.4, -0.2) is 5.78 Å². The van der Waals surface area contributed by atoms with Crippen molar-refractivity contribution in [3.63, 3.8) is 0 Å². The first-order chi connectivity index (χ1) is 10.7. The van der Waals surface area contributed by atoms with Crippen molar-refractivity contribution in [2.24, 2.45) is 0 Å². The van der Waals surface area contributed by atoms with Gasteiger partial charge in [-0.3, -0.25) is 4.79 Å². The molecule has 1 aromatic heterocycles. The number of carbonyl (C=O) groups is 1. The molecule has 2 aromatic carbocycles. The summed E-state index contributed by atoms with van der Waals surface area (Å²) in [6.45, 7) is 2.39. The molecule has 0 saturated heterocycles. The summed E-state index contributed by atoms with van der Waals surface area (Å²) < 4.78 is 2.13. The molecule has 0 aliphatic rings. The Morgan fingerprint density at radius 2 is 1.41 bits per heavy atom. The van der Waals surface area contributed by atoms with Crippen molar-refractivity contribution >= 4 is 5.78 Å². The third kappa shape index (κ3) is 3.29. The quantitative estimate of drug-likeness (QED) is 0.527. The molecule has 0 atom stereocenters. The van der Waals surface area contributed by atoms with Gasteiger partial charge in [0.05, 0.1) is 0 Å². The van der Waals surface area contributed by atoms with Crippen molar-refractivity contribution in [1.82, 2.24) is 0 Å². The molecule has 0 radical (unpaired) electrons. The molecule has 0 aliphatic heterocycles. The van der Waals surface area contributed by atoms with Crippen LogP contribution >= 0.6 is 0 Å². The maximum Gasteiger partial charge on any atom is 0.173 e. The van der Waals surface area contributed by atoms with Crippen LogP contribution in [0.3, 0.4) is 0 Å². The molecule has 22 heavy (non-hydrogen) atoms. The van der Waals surface area contributed by atoms with Crippen LogP contribution in [0.25, 0.3) is 11.1 Å². The SMILES string of the molecule is CC(=O)c1ccc(C[n+]2ccc(-c3ccccc3)cc2)cc1. The van der Waals surface area contributed by atoms with Crippen molar-refractivity contribution in [3.8, 4) is 11.1 Å². The van der Waals surface area contributed by atoms with Gasteiger partial charge in [-0.05, 0) is 18.1 Å².